The first-order valence-electron chi connectivity index (χ1n) is 6.17. The summed E-state index contributed by atoms with van der Waals surface area (Å²) < 4.78 is 0. The van der Waals surface area contributed by atoms with E-state index in [4.69, 9.17) is 0 Å². The monoisotopic (exact) mass is 218 g/mol. The number of likely N-dealkylation sites (tertiary alicyclic amines) is 1. The predicted octanol–water partition coefficient (Wildman–Crippen LogP) is 2.26. The first-order valence-corrected chi connectivity index (χ1v) is 6.17. The largest absolute Gasteiger partial charge is 0.313 e. The number of likely N-dealkylation sites (N-methyl/N-ethyl adjacent to an activating group) is 1. The lowest BCUT2D eigenvalue weighted by molar-refractivity contribution is 0.133. The summed E-state index contributed by atoms with van der Waals surface area (Å²) in [6.07, 6.45) is 2.58. The van der Waals surface area contributed by atoms with E-state index in [9.17, 15) is 0 Å². The van der Waals surface area contributed by atoms with Crippen molar-refractivity contribution < 1.29 is 0 Å². The summed E-state index contributed by atoms with van der Waals surface area (Å²) in [5.41, 5.74) is 1.72. The zero-order valence-electron chi connectivity index (χ0n) is 10.4. The Morgan fingerprint density at radius 2 is 2.06 bits per heavy atom. The Kier molecular flexibility index (Phi) is 3.62. The van der Waals surface area contributed by atoms with Crippen LogP contribution in [-0.2, 0) is 6.54 Å². The van der Waals surface area contributed by atoms with Crippen LogP contribution >= 0.6 is 0 Å². The van der Waals surface area contributed by atoms with E-state index in [1.54, 1.807) is 0 Å². The third kappa shape index (κ3) is 2.83. The summed E-state index contributed by atoms with van der Waals surface area (Å²) in [6, 6.07) is 10.8. The molecule has 2 rings (SSSR count). The zero-order valence-corrected chi connectivity index (χ0v) is 10.4. The van der Waals surface area contributed by atoms with Crippen molar-refractivity contribution in [3.05, 3.63) is 35.9 Å². The molecule has 0 spiro atoms. The molecule has 0 radical (unpaired) electrons. The Morgan fingerprint density at radius 1 is 1.31 bits per heavy atom. The number of hydrogen-bond acceptors (Lipinski definition) is 2. The summed E-state index contributed by atoms with van der Waals surface area (Å²) in [5.74, 6) is 0. The van der Waals surface area contributed by atoms with Gasteiger partial charge in [-0.2, -0.15) is 0 Å². The number of hydrogen-bond donors (Lipinski definition) is 1. The molecule has 0 aliphatic carbocycles. The van der Waals surface area contributed by atoms with E-state index in [2.05, 4.69) is 54.5 Å². The van der Waals surface area contributed by atoms with Crippen LogP contribution in [0.5, 0.6) is 0 Å². The van der Waals surface area contributed by atoms with Crippen LogP contribution in [0.1, 0.15) is 25.3 Å². The van der Waals surface area contributed by atoms with Crippen LogP contribution < -0.4 is 5.32 Å². The second-order valence-corrected chi connectivity index (χ2v) is 5.11. The Morgan fingerprint density at radius 3 is 2.75 bits per heavy atom. The standard InChI is InChI=1S/C14H22N2/c1-14(15-2)9-6-10-16(12-14)11-13-7-4-3-5-8-13/h3-5,7-8,15H,6,9-12H2,1-2H3. The fourth-order valence-electron chi connectivity index (χ4n) is 2.53. The Labute approximate surface area is 98.7 Å². The van der Waals surface area contributed by atoms with Crippen molar-refractivity contribution >= 4 is 0 Å². The number of benzene rings is 1. The molecule has 0 aromatic heterocycles. The average Bonchev–Trinajstić information content (AvgIpc) is 2.30. The molecular weight excluding hydrogens is 196 g/mol. The SMILES string of the molecule is CNC1(C)CCCN(Cc2ccccc2)C1. The van der Waals surface area contributed by atoms with Crippen molar-refractivity contribution in [2.75, 3.05) is 20.1 Å². The van der Waals surface area contributed by atoms with Gasteiger partial charge in [0.15, 0.2) is 0 Å². The number of nitrogens with one attached hydrogen (secondary N) is 1. The Bertz CT molecular complexity index is 323. The van der Waals surface area contributed by atoms with E-state index in [-0.39, 0.29) is 0 Å². The minimum Gasteiger partial charge on any atom is -0.313 e. The van der Waals surface area contributed by atoms with Crippen LogP contribution in [0, 0.1) is 0 Å². The van der Waals surface area contributed by atoms with E-state index < -0.39 is 0 Å². The highest BCUT2D eigenvalue weighted by atomic mass is 15.2. The minimum atomic E-state index is 0.299. The quantitative estimate of drug-likeness (QED) is 0.837. The van der Waals surface area contributed by atoms with Gasteiger partial charge in [-0.1, -0.05) is 30.3 Å². The average molecular weight is 218 g/mol. The van der Waals surface area contributed by atoms with Crippen LogP contribution in [0.25, 0.3) is 0 Å². The number of piperidine rings is 1. The molecule has 2 heteroatoms. The zero-order chi connectivity index (χ0) is 11.4. The van der Waals surface area contributed by atoms with Crippen LogP contribution in [0.2, 0.25) is 0 Å². The van der Waals surface area contributed by atoms with Crippen molar-refractivity contribution in [1.82, 2.24) is 10.2 Å². The predicted molar refractivity (Wildman–Crippen MR) is 68.4 cm³/mol. The van der Waals surface area contributed by atoms with Gasteiger partial charge in [-0.15, -0.1) is 0 Å². The summed E-state index contributed by atoms with van der Waals surface area (Å²) in [4.78, 5) is 2.55. The van der Waals surface area contributed by atoms with Crippen molar-refractivity contribution in [2.24, 2.45) is 0 Å². The molecule has 1 N–H and O–H groups in total. The highest BCUT2D eigenvalue weighted by molar-refractivity contribution is 5.14. The van der Waals surface area contributed by atoms with E-state index >= 15 is 0 Å². The fourth-order valence-corrected chi connectivity index (χ4v) is 2.53. The third-order valence-electron chi connectivity index (χ3n) is 3.63. The summed E-state index contributed by atoms with van der Waals surface area (Å²) in [7, 11) is 2.08. The molecule has 1 saturated heterocycles. The highest BCUT2D eigenvalue weighted by Crippen LogP contribution is 2.21. The molecule has 1 aromatic rings. The molecule has 1 fully saturated rings. The normalized spacial score (nSPS) is 26.9. The van der Waals surface area contributed by atoms with Crippen LogP contribution in [0.3, 0.4) is 0 Å². The van der Waals surface area contributed by atoms with Gasteiger partial charge in [0, 0.05) is 18.6 Å². The summed E-state index contributed by atoms with van der Waals surface area (Å²) >= 11 is 0. The first kappa shape index (κ1) is 11.6. The van der Waals surface area contributed by atoms with E-state index in [0.717, 1.165) is 13.1 Å². The second-order valence-electron chi connectivity index (χ2n) is 5.11. The smallest absolute Gasteiger partial charge is 0.0278 e. The lowest BCUT2D eigenvalue weighted by Crippen LogP contribution is -2.53. The highest BCUT2D eigenvalue weighted by Gasteiger charge is 2.28. The van der Waals surface area contributed by atoms with Gasteiger partial charge >= 0.3 is 0 Å². The minimum absolute atomic E-state index is 0.299. The van der Waals surface area contributed by atoms with Crippen molar-refractivity contribution in [3.8, 4) is 0 Å². The summed E-state index contributed by atoms with van der Waals surface area (Å²) in [5, 5.41) is 3.45. The molecule has 1 atom stereocenters. The van der Waals surface area contributed by atoms with E-state index in [1.807, 2.05) is 0 Å². The van der Waals surface area contributed by atoms with Crippen molar-refractivity contribution in [2.45, 2.75) is 31.8 Å². The lowest BCUT2D eigenvalue weighted by atomic mass is 9.91. The maximum atomic E-state index is 3.45. The molecule has 1 aliphatic rings. The van der Waals surface area contributed by atoms with Gasteiger partial charge in [-0.05, 0) is 38.9 Å². The fraction of sp³-hybridized carbons (Fsp3) is 0.571. The molecule has 2 nitrogen and oxygen atoms in total. The van der Waals surface area contributed by atoms with Gasteiger partial charge in [-0.25, -0.2) is 0 Å². The van der Waals surface area contributed by atoms with Crippen LogP contribution in [-0.4, -0.2) is 30.6 Å². The second kappa shape index (κ2) is 4.98. The lowest BCUT2D eigenvalue weighted by Gasteiger charge is -2.40. The number of nitrogens with zero attached hydrogens (tertiary/aromatic N) is 1. The molecule has 0 bridgehead atoms. The van der Waals surface area contributed by atoms with Gasteiger partial charge in [0.1, 0.15) is 0 Å². The molecule has 0 amide bonds. The van der Waals surface area contributed by atoms with Crippen LogP contribution in [0.15, 0.2) is 30.3 Å². The Balaban J connectivity index is 1.96. The molecule has 0 saturated carbocycles. The van der Waals surface area contributed by atoms with Crippen molar-refractivity contribution in [1.29, 1.82) is 0 Å². The topological polar surface area (TPSA) is 15.3 Å². The molecule has 1 aromatic carbocycles. The molecule has 16 heavy (non-hydrogen) atoms. The van der Waals surface area contributed by atoms with Gasteiger partial charge in [-0.3, -0.25) is 4.90 Å². The molecule has 1 unspecified atom stereocenters. The third-order valence-corrected chi connectivity index (χ3v) is 3.63. The molecule has 1 heterocycles. The maximum absolute atomic E-state index is 3.45. The van der Waals surface area contributed by atoms with Gasteiger partial charge in [0.05, 0.1) is 0 Å². The maximum Gasteiger partial charge on any atom is 0.0278 e. The Hall–Kier alpha value is -0.860. The molecular formula is C14H22N2. The van der Waals surface area contributed by atoms with Crippen LogP contribution in [0.4, 0.5) is 0 Å². The molecule has 88 valence electrons. The van der Waals surface area contributed by atoms with Crippen molar-refractivity contribution in [3.63, 3.8) is 0 Å². The summed E-state index contributed by atoms with van der Waals surface area (Å²) in [6.45, 7) is 5.78. The van der Waals surface area contributed by atoms with Gasteiger partial charge in [0.25, 0.3) is 0 Å². The molecule has 1 aliphatic heterocycles. The van der Waals surface area contributed by atoms with E-state index in [0.29, 0.717) is 5.54 Å². The van der Waals surface area contributed by atoms with Gasteiger partial charge < -0.3 is 5.32 Å². The van der Waals surface area contributed by atoms with E-state index in [1.165, 1.54) is 24.9 Å². The number of rotatable bonds is 3. The van der Waals surface area contributed by atoms with Gasteiger partial charge in [0.2, 0.25) is 0 Å². The first-order chi connectivity index (χ1) is 7.72.